The Bertz CT molecular complexity index is 423. The Balaban J connectivity index is 3.09. The second kappa shape index (κ2) is 6.69. The first-order valence-electron chi connectivity index (χ1n) is 5.54. The number of halogens is 4. The molecule has 2 atom stereocenters. The van der Waals surface area contributed by atoms with Gasteiger partial charge in [0.05, 0.1) is 18.3 Å². The van der Waals surface area contributed by atoms with Gasteiger partial charge in [-0.15, -0.1) is 0 Å². The number of aliphatic hydroxyl groups excluding tert-OH is 3. The summed E-state index contributed by atoms with van der Waals surface area (Å²) in [6, 6.07) is 2.68. The smallest absolute Gasteiger partial charge is 0.392 e. The fraction of sp³-hybridized carbons (Fsp3) is 0.500. The zero-order valence-corrected chi connectivity index (χ0v) is 11.4. The zero-order valence-electron chi connectivity index (χ0n) is 9.86. The standard InChI is InChI=1S/C12H14BrF3O3/c13-4-3-10(18)11(19)9-2-1-8(12(14,15)16)5-7(9)6-17/h1-2,5,10-11,17-19H,3-4,6H2. The Morgan fingerprint density at radius 1 is 1.21 bits per heavy atom. The van der Waals surface area contributed by atoms with Gasteiger partial charge in [-0.3, -0.25) is 0 Å². The van der Waals surface area contributed by atoms with Crippen LogP contribution in [-0.4, -0.2) is 26.8 Å². The summed E-state index contributed by atoms with van der Waals surface area (Å²) in [6.07, 6.45) is -6.71. The van der Waals surface area contributed by atoms with Gasteiger partial charge in [0.2, 0.25) is 0 Å². The molecule has 0 radical (unpaired) electrons. The predicted molar refractivity (Wildman–Crippen MR) is 66.7 cm³/mol. The van der Waals surface area contributed by atoms with Crippen LogP contribution < -0.4 is 0 Å². The molecule has 1 aromatic carbocycles. The third-order valence-electron chi connectivity index (χ3n) is 2.73. The highest BCUT2D eigenvalue weighted by Gasteiger charge is 2.32. The summed E-state index contributed by atoms with van der Waals surface area (Å²) in [7, 11) is 0. The molecule has 19 heavy (non-hydrogen) atoms. The lowest BCUT2D eigenvalue weighted by molar-refractivity contribution is -0.137. The molecule has 0 aliphatic rings. The van der Waals surface area contributed by atoms with Gasteiger partial charge < -0.3 is 15.3 Å². The molecule has 0 saturated heterocycles. The van der Waals surface area contributed by atoms with Gasteiger partial charge in [-0.05, 0) is 29.7 Å². The zero-order chi connectivity index (χ0) is 14.6. The van der Waals surface area contributed by atoms with E-state index < -0.39 is 30.6 Å². The summed E-state index contributed by atoms with van der Waals surface area (Å²) in [5.41, 5.74) is -0.845. The van der Waals surface area contributed by atoms with E-state index in [9.17, 15) is 23.4 Å². The maximum absolute atomic E-state index is 12.5. The van der Waals surface area contributed by atoms with E-state index in [0.29, 0.717) is 5.33 Å². The first-order chi connectivity index (χ1) is 8.81. The van der Waals surface area contributed by atoms with E-state index in [1.54, 1.807) is 0 Å². The number of aliphatic hydroxyl groups is 3. The molecule has 3 N–H and O–H groups in total. The average molecular weight is 343 g/mol. The minimum absolute atomic E-state index is 0.0454. The Labute approximate surface area is 116 Å². The van der Waals surface area contributed by atoms with Crippen molar-refractivity contribution in [3.63, 3.8) is 0 Å². The van der Waals surface area contributed by atoms with E-state index in [1.165, 1.54) is 0 Å². The molecule has 0 fully saturated rings. The summed E-state index contributed by atoms with van der Waals surface area (Å²) >= 11 is 3.09. The van der Waals surface area contributed by atoms with Crippen LogP contribution in [0.4, 0.5) is 13.2 Å². The second-order valence-electron chi connectivity index (χ2n) is 4.06. The van der Waals surface area contributed by atoms with Crippen LogP contribution >= 0.6 is 15.9 Å². The first kappa shape index (κ1) is 16.4. The number of benzene rings is 1. The Hall–Kier alpha value is -0.630. The van der Waals surface area contributed by atoms with Gasteiger partial charge >= 0.3 is 6.18 Å². The topological polar surface area (TPSA) is 60.7 Å². The molecule has 0 amide bonds. The minimum atomic E-state index is -4.51. The van der Waals surface area contributed by atoms with Gasteiger partial charge in [0.1, 0.15) is 6.10 Å². The van der Waals surface area contributed by atoms with Crippen LogP contribution in [0.1, 0.15) is 29.2 Å². The van der Waals surface area contributed by atoms with Crippen LogP contribution in [0.2, 0.25) is 0 Å². The Kier molecular flexibility index (Phi) is 5.79. The van der Waals surface area contributed by atoms with Crippen molar-refractivity contribution >= 4 is 15.9 Å². The van der Waals surface area contributed by atoms with E-state index in [1.807, 2.05) is 0 Å². The predicted octanol–water partition coefficient (Wildman–Crippen LogP) is 2.38. The maximum Gasteiger partial charge on any atom is 0.416 e. The van der Waals surface area contributed by atoms with Crippen LogP contribution in [-0.2, 0) is 12.8 Å². The molecule has 1 aromatic rings. The Morgan fingerprint density at radius 2 is 1.84 bits per heavy atom. The molecule has 3 nitrogen and oxygen atoms in total. The van der Waals surface area contributed by atoms with Gasteiger partial charge in [-0.2, -0.15) is 13.2 Å². The molecule has 0 aliphatic carbocycles. The van der Waals surface area contributed by atoms with E-state index in [-0.39, 0.29) is 17.5 Å². The SMILES string of the molecule is OCc1cc(C(F)(F)F)ccc1C(O)C(O)CCBr. The highest BCUT2D eigenvalue weighted by molar-refractivity contribution is 9.09. The van der Waals surface area contributed by atoms with E-state index in [0.717, 1.165) is 18.2 Å². The van der Waals surface area contributed by atoms with Gasteiger partial charge in [-0.25, -0.2) is 0 Å². The summed E-state index contributed by atoms with van der Waals surface area (Å²) in [5.74, 6) is 0. The van der Waals surface area contributed by atoms with Gasteiger partial charge in [-0.1, -0.05) is 22.0 Å². The lowest BCUT2D eigenvalue weighted by atomic mass is 9.96. The summed E-state index contributed by atoms with van der Waals surface area (Å²) < 4.78 is 37.5. The quantitative estimate of drug-likeness (QED) is 0.720. The largest absolute Gasteiger partial charge is 0.416 e. The maximum atomic E-state index is 12.5. The van der Waals surface area contributed by atoms with Crippen molar-refractivity contribution in [3.05, 3.63) is 34.9 Å². The monoisotopic (exact) mass is 342 g/mol. The van der Waals surface area contributed by atoms with Crippen molar-refractivity contribution in [1.82, 2.24) is 0 Å². The molecule has 0 aliphatic heterocycles. The van der Waals surface area contributed by atoms with E-state index in [2.05, 4.69) is 15.9 Å². The second-order valence-corrected chi connectivity index (χ2v) is 4.85. The van der Waals surface area contributed by atoms with Gasteiger partial charge in [0, 0.05) is 5.33 Å². The molecule has 0 heterocycles. The van der Waals surface area contributed by atoms with Crippen molar-refractivity contribution in [1.29, 1.82) is 0 Å². The normalized spacial score (nSPS) is 15.3. The van der Waals surface area contributed by atoms with E-state index in [4.69, 9.17) is 5.11 Å². The third-order valence-corrected chi connectivity index (χ3v) is 3.19. The van der Waals surface area contributed by atoms with Crippen molar-refractivity contribution in [2.75, 3.05) is 5.33 Å². The van der Waals surface area contributed by atoms with Crippen molar-refractivity contribution < 1.29 is 28.5 Å². The third kappa shape index (κ3) is 4.17. The lowest BCUT2D eigenvalue weighted by Gasteiger charge is -2.20. The van der Waals surface area contributed by atoms with Crippen LogP contribution in [0.3, 0.4) is 0 Å². The van der Waals surface area contributed by atoms with Gasteiger partial charge in [0.15, 0.2) is 0 Å². The van der Waals surface area contributed by atoms with Crippen molar-refractivity contribution in [2.45, 2.75) is 31.4 Å². The molecular formula is C12H14BrF3O3. The van der Waals surface area contributed by atoms with Crippen molar-refractivity contribution in [2.24, 2.45) is 0 Å². The molecule has 0 aromatic heterocycles. The molecular weight excluding hydrogens is 329 g/mol. The van der Waals surface area contributed by atoms with E-state index >= 15 is 0 Å². The molecule has 1 rings (SSSR count). The van der Waals surface area contributed by atoms with Crippen molar-refractivity contribution in [3.8, 4) is 0 Å². The van der Waals surface area contributed by atoms with Gasteiger partial charge in [0.25, 0.3) is 0 Å². The minimum Gasteiger partial charge on any atom is -0.392 e. The molecule has 0 spiro atoms. The lowest BCUT2D eigenvalue weighted by Crippen LogP contribution is -2.20. The Morgan fingerprint density at radius 3 is 2.32 bits per heavy atom. The van der Waals surface area contributed by atoms with Crippen LogP contribution in [0, 0.1) is 0 Å². The first-order valence-corrected chi connectivity index (χ1v) is 6.66. The summed E-state index contributed by atoms with van der Waals surface area (Å²) in [6.45, 7) is -0.642. The van der Waals surface area contributed by atoms with Crippen LogP contribution in [0.5, 0.6) is 0 Å². The summed E-state index contributed by atoms with van der Waals surface area (Å²) in [4.78, 5) is 0. The molecule has 0 saturated carbocycles. The number of alkyl halides is 4. The van der Waals surface area contributed by atoms with Crippen LogP contribution in [0.15, 0.2) is 18.2 Å². The van der Waals surface area contributed by atoms with Crippen LogP contribution in [0.25, 0.3) is 0 Å². The summed E-state index contributed by atoms with van der Waals surface area (Å²) in [5, 5.41) is 29.0. The highest BCUT2D eigenvalue weighted by atomic mass is 79.9. The fourth-order valence-electron chi connectivity index (χ4n) is 1.68. The molecule has 2 unspecified atom stereocenters. The number of hydrogen-bond acceptors (Lipinski definition) is 3. The fourth-order valence-corrected chi connectivity index (χ4v) is 2.15. The molecule has 0 bridgehead atoms. The number of hydrogen-bond donors (Lipinski definition) is 3. The number of rotatable bonds is 5. The average Bonchev–Trinajstić information content (AvgIpc) is 2.36. The molecule has 108 valence electrons. The highest BCUT2D eigenvalue weighted by Crippen LogP contribution is 2.32. The molecule has 7 heteroatoms.